The number of hydrogen-bond donors (Lipinski definition) is 3. The molecule has 0 saturated heterocycles. The van der Waals surface area contributed by atoms with Crippen molar-refractivity contribution < 1.29 is 14.7 Å². The molecule has 0 fully saturated rings. The second-order valence-electron chi connectivity index (χ2n) is 4.52. The summed E-state index contributed by atoms with van der Waals surface area (Å²) in [4.78, 5) is 25.6. The standard InChI is InChI=1S/C14H8BrClN2O3/c15-11-8(16)4-7(13(17)19)12-10(11)6-2-1-5(14(20)21)3-9(6)18-12/h1-4,18H,(H2,17,19)(H,20,21). The van der Waals surface area contributed by atoms with Crippen molar-refractivity contribution in [3.8, 4) is 0 Å². The molecule has 0 radical (unpaired) electrons. The molecule has 0 aliphatic heterocycles. The zero-order valence-corrected chi connectivity index (χ0v) is 12.7. The first kappa shape index (κ1) is 13.9. The molecule has 106 valence electrons. The summed E-state index contributed by atoms with van der Waals surface area (Å²) in [6.45, 7) is 0. The lowest BCUT2D eigenvalue weighted by Crippen LogP contribution is -2.11. The first-order valence-electron chi connectivity index (χ1n) is 5.86. The van der Waals surface area contributed by atoms with Gasteiger partial charge in [-0.05, 0) is 34.1 Å². The van der Waals surface area contributed by atoms with Crippen LogP contribution in [0.3, 0.4) is 0 Å². The number of amides is 1. The molecule has 0 unspecified atom stereocenters. The van der Waals surface area contributed by atoms with Gasteiger partial charge in [-0.2, -0.15) is 0 Å². The molecule has 4 N–H and O–H groups in total. The zero-order chi connectivity index (χ0) is 15.3. The molecule has 3 aromatic rings. The average molecular weight is 368 g/mol. The van der Waals surface area contributed by atoms with E-state index in [-0.39, 0.29) is 11.1 Å². The SMILES string of the molecule is NC(=O)c1cc(Cl)c(Br)c2c1[nH]c1cc(C(=O)O)ccc12. The molecule has 2 aromatic carbocycles. The van der Waals surface area contributed by atoms with E-state index in [9.17, 15) is 9.59 Å². The number of nitrogens with two attached hydrogens (primary N) is 1. The van der Waals surface area contributed by atoms with Gasteiger partial charge < -0.3 is 15.8 Å². The Labute approximate surface area is 131 Å². The molecule has 0 saturated carbocycles. The van der Waals surface area contributed by atoms with Gasteiger partial charge in [-0.25, -0.2) is 4.79 Å². The Kier molecular flexibility index (Phi) is 3.15. The van der Waals surface area contributed by atoms with Crippen molar-refractivity contribution in [3.05, 3.63) is 44.9 Å². The predicted molar refractivity (Wildman–Crippen MR) is 84.0 cm³/mol. The van der Waals surface area contributed by atoms with E-state index in [1.165, 1.54) is 18.2 Å². The van der Waals surface area contributed by atoms with E-state index in [0.717, 1.165) is 5.39 Å². The van der Waals surface area contributed by atoms with Gasteiger partial charge in [0.15, 0.2) is 0 Å². The number of H-pyrrole nitrogens is 1. The van der Waals surface area contributed by atoms with Gasteiger partial charge in [-0.1, -0.05) is 17.7 Å². The molecular formula is C14H8BrClN2O3. The molecule has 21 heavy (non-hydrogen) atoms. The number of aromatic nitrogens is 1. The van der Waals surface area contributed by atoms with Crippen molar-refractivity contribution in [2.45, 2.75) is 0 Å². The van der Waals surface area contributed by atoms with Crippen LogP contribution in [0.1, 0.15) is 20.7 Å². The molecule has 1 amide bonds. The monoisotopic (exact) mass is 366 g/mol. The molecular weight excluding hydrogens is 360 g/mol. The number of carboxylic acid groups (broad SMARTS) is 1. The lowest BCUT2D eigenvalue weighted by molar-refractivity contribution is 0.0696. The van der Waals surface area contributed by atoms with Crippen LogP contribution in [0.4, 0.5) is 0 Å². The Morgan fingerprint density at radius 2 is 2.00 bits per heavy atom. The van der Waals surface area contributed by atoms with E-state index >= 15 is 0 Å². The molecule has 5 nitrogen and oxygen atoms in total. The summed E-state index contributed by atoms with van der Waals surface area (Å²) in [5.74, 6) is -1.64. The number of carbonyl (C=O) groups excluding carboxylic acids is 1. The lowest BCUT2D eigenvalue weighted by Gasteiger charge is -2.03. The van der Waals surface area contributed by atoms with Crippen LogP contribution in [0.25, 0.3) is 21.8 Å². The van der Waals surface area contributed by atoms with E-state index < -0.39 is 11.9 Å². The van der Waals surface area contributed by atoms with Crippen LogP contribution in [-0.2, 0) is 0 Å². The third-order valence-corrected chi connectivity index (χ3v) is 4.63. The van der Waals surface area contributed by atoms with Gasteiger partial charge in [-0.3, -0.25) is 4.79 Å². The van der Waals surface area contributed by atoms with Crippen LogP contribution in [0.5, 0.6) is 0 Å². The van der Waals surface area contributed by atoms with Crippen LogP contribution in [0.2, 0.25) is 5.02 Å². The number of carboxylic acids is 1. The summed E-state index contributed by atoms with van der Waals surface area (Å²) in [6.07, 6.45) is 0. The van der Waals surface area contributed by atoms with Gasteiger partial charge in [0.25, 0.3) is 5.91 Å². The van der Waals surface area contributed by atoms with Gasteiger partial charge in [0.1, 0.15) is 0 Å². The van der Waals surface area contributed by atoms with Crippen molar-refractivity contribution in [2.24, 2.45) is 5.73 Å². The number of primary amides is 1. The number of halogens is 2. The van der Waals surface area contributed by atoms with E-state index in [0.29, 0.717) is 25.9 Å². The Hall–Kier alpha value is -2.05. The predicted octanol–water partition coefficient (Wildman–Crippen LogP) is 3.53. The van der Waals surface area contributed by atoms with Gasteiger partial charge in [-0.15, -0.1) is 0 Å². The van der Waals surface area contributed by atoms with E-state index in [4.69, 9.17) is 22.4 Å². The second-order valence-corrected chi connectivity index (χ2v) is 5.72. The highest BCUT2D eigenvalue weighted by Gasteiger charge is 2.18. The zero-order valence-electron chi connectivity index (χ0n) is 10.4. The summed E-state index contributed by atoms with van der Waals surface area (Å²) in [5.41, 5.74) is 6.89. The average Bonchev–Trinajstić information content (AvgIpc) is 2.80. The Morgan fingerprint density at radius 3 is 2.62 bits per heavy atom. The summed E-state index contributed by atoms with van der Waals surface area (Å²) in [5, 5.41) is 10.9. The number of carbonyl (C=O) groups is 2. The number of nitrogens with one attached hydrogen (secondary N) is 1. The third-order valence-electron chi connectivity index (χ3n) is 3.28. The molecule has 1 heterocycles. The highest BCUT2D eigenvalue weighted by atomic mass is 79.9. The number of rotatable bonds is 2. The minimum Gasteiger partial charge on any atom is -0.478 e. The topological polar surface area (TPSA) is 96.2 Å². The van der Waals surface area contributed by atoms with Crippen LogP contribution >= 0.6 is 27.5 Å². The summed E-state index contributed by atoms with van der Waals surface area (Å²) >= 11 is 9.50. The molecule has 1 aromatic heterocycles. The number of aromatic carboxylic acids is 1. The Balaban J connectivity index is 2.50. The smallest absolute Gasteiger partial charge is 0.335 e. The molecule has 3 rings (SSSR count). The van der Waals surface area contributed by atoms with E-state index in [1.54, 1.807) is 6.07 Å². The van der Waals surface area contributed by atoms with Gasteiger partial charge in [0.05, 0.1) is 21.7 Å². The van der Waals surface area contributed by atoms with Gasteiger partial charge in [0.2, 0.25) is 0 Å². The maximum Gasteiger partial charge on any atom is 0.335 e. The van der Waals surface area contributed by atoms with Crippen LogP contribution in [0.15, 0.2) is 28.7 Å². The van der Waals surface area contributed by atoms with E-state index in [2.05, 4.69) is 20.9 Å². The van der Waals surface area contributed by atoms with Crippen molar-refractivity contribution in [3.63, 3.8) is 0 Å². The maximum absolute atomic E-state index is 11.6. The van der Waals surface area contributed by atoms with E-state index in [1.807, 2.05) is 0 Å². The highest BCUT2D eigenvalue weighted by Crippen LogP contribution is 2.38. The largest absolute Gasteiger partial charge is 0.478 e. The molecule has 0 bridgehead atoms. The lowest BCUT2D eigenvalue weighted by atomic mass is 10.1. The fraction of sp³-hybridized carbons (Fsp3) is 0. The fourth-order valence-electron chi connectivity index (χ4n) is 2.34. The Morgan fingerprint density at radius 1 is 1.29 bits per heavy atom. The molecule has 0 spiro atoms. The maximum atomic E-state index is 11.6. The van der Waals surface area contributed by atoms with Crippen molar-refractivity contribution >= 4 is 61.2 Å². The number of fused-ring (bicyclic) bond motifs is 3. The molecule has 0 aliphatic carbocycles. The summed E-state index contributed by atoms with van der Waals surface area (Å²) in [7, 11) is 0. The highest BCUT2D eigenvalue weighted by molar-refractivity contribution is 9.10. The van der Waals surface area contributed by atoms with Gasteiger partial charge in [0, 0.05) is 20.8 Å². The summed E-state index contributed by atoms with van der Waals surface area (Å²) < 4.78 is 0.624. The number of aromatic amines is 1. The van der Waals surface area contributed by atoms with Crippen molar-refractivity contribution in [1.29, 1.82) is 0 Å². The quantitative estimate of drug-likeness (QED) is 0.646. The molecule has 0 atom stereocenters. The minimum atomic E-state index is -1.03. The Bertz CT molecular complexity index is 933. The number of benzene rings is 2. The fourth-order valence-corrected chi connectivity index (χ4v) is 3.07. The summed E-state index contributed by atoms with van der Waals surface area (Å²) in [6, 6.07) is 6.14. The first-order valence-corrected chi connectivity index (χ1v) is 7.03. The number of hydrogen-bond acceptors (Lipinski definition) is 2. The van der Waals surface area contributed by atoms with Crippen LogP contribution in [0, 0.1) is 0 Å². The third kappa shape index (κ3) is 2.07. The molecule has 7 heteroatoms. The molecule has 0 aliphatic rings. The normalized spacial score (nSPS) is 11.1. The van der Waals surface area contributed by atoms with Crippen molar-refractivity contribution in [2.75, 3.05) is 0 Å². The van der Waals surface area contributed by atoms with Crippen LogP contribution < -0.4 is 5.73 Å². The van der Waals surface area contributed by atoms with Crippen molar-refractivity contribution in [1.82, 2.24) is 4.98 Å². The second kappa shape index (κ2) is 4.75. The minimum absolute atomic E-state index is 0.150. The van der Waals surface area contributed by atoms with Gasteiger partial charge >= 0.3 is 5.97 Å². The first-order chi connectivity index (χ1) is 9.90. The van der Waals surface area contributed by atoms with Crippen LogP contribution in [-0.4, -0.2) is 22.0 Å².